The molecule has 1 aromatic carbocycles. The first-order chi connectivity index (χ1) is 13.5. The number of benzene rings is 1. The highest BCUT2D eigenvalue weighted by Crippen LogP contribution is 2.35. The zero-order valence-electron chi connectivity index (χ0n) is 16.7. The number of likely N-dealkylation sites (tertiary alicyclic amines) is 1. The normalized spacial score (nSPS) is 20.6. The van der Waals surface area contributed by atoms with E-state index >= 15 is 0 Å². The van der Waals surface area contributed by atoms with Crippen LogP contribution in [0, 0.1) is 0 Å². The molecule has 2 aromatic rings. The lowest BCUT2D eigenvalue weighted by Crippen LogP contribution is -2.47. The Bertz CT molecular complexity index is 915. The molecule has 3 heterocycles. The van der Waals surface area contributed by atoms with Gasteiger partial charge in [-0.2, -0.15) is 0 Å². The second-order valence-corrected chi connectivity index (χ2v) is 8.30. The fourth-order valence-electron chi connectivity index (χ4n) is 4.49. The van der Waals surface area contributed by atoms with Crippen molar-refractivity contribution in [3.8, 4) is 0 Å². The second kappa shape index (κ2) is 7.59. The van der Waals surface area contributed by atoms with Gasteiger partial charge in [-0.25, -0.2) is 4.79 Å². The Hall–Kier alpha value is -2.34. The van der Waals surface area contributed by atoms with Crippen molar-refractivity contribution in [1.29, 1.82) is 0 Å². The number of ether oxygens (including phenoxy) is 1. The van der Waals surface area contributed by atoms with Gasteiger partial charge in [-0.3, -0.25) is 9.69 Å². The summed E-state index contributed by atoms with van der Waals surface area (Å²) in [6.45, 7) is 7.22. The van der Waals surface area contributed by atoms with Crippen LogP contribution in [-0.4, -0.2) is 52.2 Å². The van der Waals surface area contributed by atoms with Crippen LogP contribution < -0.4 is 5.56 Å². The number of hydrogen-bond acceptors (Lipinski definition) is 4. The number of hydrogen-bond donors (Lipinski definition) is 1. The van der Waals surface area contributed by atoms with Crippen molar-refractivity contribution < 1.29 is 9.53 Å². The third-order valence-corrected chi connectivity index (χ3v) is 6.23. The van der Waals surface area contributed by atoms with Crippen molar-refractivity contribution in [3.63, 3.8) is 0 Å². The third-order valence-electron chi connectivity index (χ3n) is 6.23. The van der Waals surface area contributed by atoms with E-state index in [2.05, 4.69) is 23.7 Å². The van der Waals surface area contributed by atoms with E-state index in [9.17, 15) is 9.59 Å². The molecule has 1 aromatic heterocycles. The van der Waals surface area contributed by atoms with E-state index in [4.69, 9.17) is 4.74 Å². The number of amides is 1. The molecule has 2 aliphatic heterocycles. The first kappa shape index (κ1) is 19.0. The van der Waals surface area contributed by atoms with E-state index in [-0.39, 0.29) is 23.3 Å². The highest BCUT2D eigenvalue weighted by molar-refractivity contribution is 5.78. The van der Waals surface area contributed by atoms with Crippen LogP contribution in [0.5, 0.6) is 0 Å². The lowest BCUT2D eigenvalue weighted by Gasteiger charge is -2.37. The van der Waals surface area contributed by atoms with Crippen LogP contribution in [0.2, 0.25) is 0 Å². The summed E-state index contributed by atoms with van der Waals surface area (Å²) in [5.41, 5.74) is 1.28. The number of aromatic nitrogens is 1. The lowest BCUT2D eigenvalue weighted by atomic mass is 9.90. The number of carbonyl (C=O) groups is 1. The van der Waals surface area contributed by atoms with Crippen LogP contribution in [-0.2, 0) is 11.3 Å². The van der Waals surface area contributed by atoms with Crippen molar-refractivity contribution >= 4 is 17.0 Å². The zero-order chi connectivity index (χ0) is 19.7. The largest absolute Gasteiger partial charge is 0.441 e. The number of fused-ring (bicyclic) bond motifs is 1. The number of nitrogens with one attached hydrogen (secondary N) is 1. The maximum absolute atomic E-state index is 12.4. The third kappa shape index (κ3) is 3.65. The van der Waals surface area contributed by atoms with E-state index < -0.39 is 0 Å². The number of rotatable bonds is 5. The van der Waals surface area contributed by atoms with Gasteiger partial charge in [-0.15, -0.1) is 0 Å². The maximum atomic E-state index is 12.4. The molecule has 6 heteroatoms. The summed E-state index contributed by atoms with van der Waals surface area (Å²) in [7, 11) is 0. The molecule has 1 N–H and O–H groups in total. The average Bonchev–Trinajstić information content (AvgIpc) is 3.00. The molecule has 0 aliphatic carbocycles. The molecule has 6 nitrogen and oxygen atoms in total. The Morgan fingerprint density at radius 3 is 2.71 bits per heavy atom. The van der Waals surface area contributed by atoms with Crippen LogP contribution >= 0.6 is 0 Å². The minimum Gasteiger partial charge on any atom is -0.441 e. The Morgan fingerprint density at radius 2 is 1.96 bits per heavy atom. The molecule has 1 spiro atoms. The summed E-state index contributed by atoms with van der Waals surface area (Å²) in [4.78, 5) is 31.9. The SMILES string of the molecule is CCC[C@@H](C)N1CC2(CCN(Cc3cc4ccccc4[nH]c3=O)CC2)OC1=O. The first-order valence-corrected chi connectivity index (χ1v) is 10.3. The summed E-state index contributed by atoms with van der Waals surface area (Å²) in [5, 5.41) is 1.05. The Morgan fingerprint density at radius 1 is 1.21 bits per heavy atom. The van der Waals surface area contributed by atoms with Crippen molar-refractivity contribution in [2.45, 2.75) is 57.7 Å². The van der Waals surface area contributed by atoms with Gasteiger partial charge in [0, 0.05) is 49.6 Å². The van der Waals surface area contributed by atoms with Crippen LogP contribution in [0.1, 0.15) is 45.1 Å². The fourth-order valence-corrected chi connectivity index (χ4v) is 4.49. The van der Waals surface area contributed by atoms with Crippen molar-refractivity contribution in [1.82, 2.24) is 14.8 Å². The molecule has 1 amide bonds. The fraction of sp³-hybridized carbons (Fsp3) is 0.545. The van der Waals surface area contributed by atoms with Gasteiger partial charge in [0.25, 0.3) is 5.56 Å². The molecular formula is C22H29N3O3. The van der Waals surface area contributed by atoms with Gasteiger partial charge >= 0.3 is 6.09 Å². The van der Waals surface area contributed by atoms with E-state index in [0.717, 1.165) is 55.2 Å². The number of piperidine rings is 1. The number of H-pyrrole nitrogens is 1. The van der Waals surface area contributed by atoms with Gasteiger partial charge in [-0.05, 0) is 30.9 Å². The highest BCUT2D eigenvalue weighted by atomic mass is 16.6. The molecule has 0 bridgehead atoms. The molecule has 0 saturated carbocycles. The second-order valence-electron chi connectivity index (χ2n) is 8.30. The summed E-state index contributed by atoms with van der Waals surface area (Å²) < 4.78 is 5.84. The minimum absolute atomic E-state index is 0.0224. The van der Waals surface area contributed by atoms with Gasteiger partial charge in [-0.1, -0.05) is 31.5 Å². The Labute approximate surface area is 165 Å². The molecule has 28 heavy (non-hydrogen) atoms. The number of pyridine rings is 1. The standard InChI is InChI=1S/C22H29N3O3/c1-3-6-16(2)25-15-22(28-21(25)27)9-11-24(12-10-22)14-18-13-17-7-4-5-8-19(17)23-20(18)26/h4-5,7-8,13,16H,3,6,9-12,14-15H2,1-2H3,(H,23,26)/t16-/m1/s1. The molecule has 2 saturated heterocycles. The summed E-state index contributed by atoms with van der Waals surface area (Å²) in [6, 6.07) is 10.1. The minimum atomic E-state index is -0.356. The van der Waals surface area contributed by atoms with E-state index in [1.165, 1.54) is 0 Å². The van der Waals surface area contributed by atoms with E-state index in [1.807, 2.05) is 35.2 Å². The monoisotopic (exact) mass is 383 g/mol. The summed E-state index contributed by atoms with van der Waals surface area (Å²) >= 11 is 0. The van der Waals surface area contributed by atoms with Gasteiger partial charge in [0.1, 0.15) is 5.60 Å². The van der Waals surface area contributed by atoms with Gasteiger partial charge in [0.05, 0.1) is 6.54 Å². The van der Waals surface area contributed by atoms with Crippen LogP contribution in [0.15, 0.2) is 35.1 Å². The Balaban J connectivity index is 1.40. The van der Waals surface area contributed by atoms with Crippen LogP contribution in [0.25, 0.3) is 10.9 Å². The molecule has 2 fully saturated rings. The first-order valence-electron chi connectivity index (χ1n) is 10.3. The number of para-hydroxylation sites is 1. The molecule has 2 aliphatic rings. The van der Waals surface area contributed by atoms with E-state index in [1.54, 1.807) is 0 Å². The molecule has 150 valence electrons. The van der Waals surface area contributed by atoms with E-state index in [0.29, 0.717) is 13.1 Å². The number of nitrogens with zero attached hydrogens (tertiary/aromatic N) is 2. The highest BCUT2D eigenvalue weighted by Gasteiger charge is 2.47. The number of carbonyl (C=O) groups excluding carboxylic acids is 1. The quantitative estimate of drug-likeness (QED) is 0.858. The van der Waals surface area contributed by atoms with Gasteiger partial charge in [0.15, 0.2) is 0 Å². The predicted octanol–water partition coefficient (Wildman–Crippen LogP) is 3.50. The summed E-state index contributed by atoms with van der Waals surface area (Å²) in [6.07, 6.45) is 3.54. The van der Waals surface area contributed by atoms with Crippen LogP contribution in [0.4, 0.5) is 4.79 Å². The van der Waals surface area contributed by atoms with Crippen LogP contribution in [0.3, 0.4) is 0 Å². The topological polar surface area (TPSA) is 65.6 Å². The molecule has 4 rings (SSSR count). The smallest absolute Gasteiger partial charge is 0.410 e. The van der Waals surface area contributed by atoms with Crippen molar-refractivity contribution in [3.05, 3.63) is 46.2 Å². The van der Waals surface area contributed by atoms with Gasteiger partial charge < -0.3 is 14.6 Å². The lowest BCUT2D eigenvalue weighted by molar-refractivity contribution is -0.00139. The Kier molecular flexibility index (Phi) is 5.15. The van der Waals surface area contributed by atoms with Crippen molar-refractivity contribution in [2.24, 2.45) is 0 Å². The van der Waals surface area contributed by atoms with Gasteiger partial charge in [0.2, 0.25) is 0 Å². The molecule has 1 atom stereocenters. The molecule has 0 unspecified atom stereocenters. The average molecular weight is 383 g/mol. The molecular weight excluding hydrogens is 354 g/mol. The molecule has 0 radical (unpaired) electrons. The number of aromatic amines is 1. The zero-order valence-corrected chi connectivity index (χ0v) is 16.7. The van der Waals surface area contributed by atoms with Crippen molar-refractivity contribution in [2.75, 3.05) is 19.6 Å². The maximum Gasteiger partial charge on any atom is 0.410 e. The predicted molar refractivity (Wildman–Crippen MR) is 109 cm³/mol. The summed E-state index contributed by atoms with van der Waals surface area (Å²) in [5.74, 6) is 0.